The molecule has 1 N–H and O–H groups in total. The molecule has 0 amide bonds. The van der Waals surface area contributed by atoms with Crippen LogP contribution in [0, 0.1) is 23.7 Å². The van der Waals surface area contributed by atoms with Crippen LogP contribution in [-0.4, -0.2) is 13.1 Å². The van der Waals surface area contributed by atoms with Crippen LogP contribution in [0.5, 0.6) is 0 Å². The van der Waals surface area contributed by atoms with Crippen LogP contribution in [0.2, 0.25) is 0 Å². The van der Waals surface area contributed by atoms with Crippen LogP contribution in [0.4, 0.5) is 0 Å². The fourth-order valence-electron chi connectivity index (χ4n) is 2.65. The Hall–Kier alpha value is -1.33. The molecule has 1 aliphatic rings. The fourth-order valence-corrected chi connectivity index (χ4v) is 2.65. The van der Waals surface area contributed by atoms with E-state index in [0.29, 0.717) is 0 Å². The van der Waals surface area contributed by atoms with Gasteiger partial charge in [-0.1, -0.05) is 50.1 Å². The van der Waals surface area contributed by atoms with E-state index in [1.807, 2.05) is 0 Å². The topological polar surface area (TPSA) is 35.8 Å². The summed E-state index contributed by atoms with van der Waals surface area (Å²) in [6, 6.07) is 11.2. The maximum atomic E-state index is 9.22. The summed E-state index contributed by atoms with van der Waals surface area (Å²) in [6.07, 6.45) is 3.32. The lowest BCUT2D eigenvalue weighted by Gasteiger charge is -2.36. The van der Waals surface area contributed by atoms with Crippen LogP contribution in [0.15, 0.2) is 24.3 Å². The number of aryl methyl sites for hydroxylation is 1. The number of hydrogen-bond acceptors (Lipinski definition) is 2. The fraction of sp³-hybridized carbons (Fsp3) is 0.588. The Morgan fingerprint density at radius 3 is 2.37 bits per heavy atom. The second-order valence-electron chi connectivity index (χ2n) is 6.60. The molecule has 19 heavy (non-hydrogen) atoms. The van der Waals surface area contributed by atoms with Crippen molar-refractivity contribution in [3.8, 4) is 6.07 Å². The SMILES string of the molecule is Cc1ccc(C(C)(C)CNCC2(C#N)CCC2)cc1. The zero-order valence-electron chi connectivity index (χ0n) is 12.3. The van der Waals surface area contributed by atoms with Gasteiger partial charge in [-0.2, -0.15) is 5.26 Å². The highest BCUT2D eigenvalue weighted by atomic mass is 14.9. The minimum Gasteiger partial charge on any atom is -0.314 e. The van der Waals surface area contributed by atoms with Crippen LogP contribution >= 0.6 is 0 Å². The maximum absolute atomic E-state index is 9.22. The molecule has 0 atom stereocenters. The van der Waals surface area contributed by atoms with Gasteiger partial charge in [-0.05, 0) is 25.3 Å². The van der Waals surface area contributed by atoms with Crippen molar-refractivity contribution in [3.05, 3.63) is 35.4 Å². The van der Waals surface area contributed by atoms with Crippen LogP contribution < -0.4 is 5.32 Å². The van der Waals surface area contributed by atoms with Gasteiger partial charge in [0.1, 0.15) is 0 Å². The molecule has 0 aliphatic heterocycles. The van der Waals surface area contributed by atoms with Crippen molar-refractivity contribution in [1.82, 2.24) is 5.32 Å². The van der Waals surface area contributed by atoms with Crippen molar-refractivity contribution >= 4 is 0 Å². The molecule has 2 rings (SSSR count). The smallest absolute Gasteiger partial charge is 0.0703 e. The summed E-state index contributed by atoms with van der Waals surface area (Å²) in [6.45, 7) is 8.37. The highest BCUT2D eigenvalue weighted by molar-refractivity contribution is 5.27. The summed E-state index contributed by atoms with van der Waals surface area (Å²) < 4.78 is 0. The molecule has 102 valence electrons. The largest absolute Gasteiger partial charge is 0.314 e. The molecule has 1 aliphatic carbocycles. The average Bonchev–Trinajstić information content (AvgIpc) is 2.33. The number of nitrogens with zero attached hydrogens (tertiary/aromatic N) is 1. The van der Waals surface area contributed by atoms with Gasteiger partial charge >= 0.3 is 0 Å². The van der Waals surface area contributed by atoms with Crippen LogP contribution in [0.25, 0.3) is 0 Å². The van der Waals surface area contributed by atoms with Crippen molar-refractivity contribution in [2.45, 2.75) is 45.4 Å². The molecule has 0 radical (unpaired) electrons. The van der Waals surface area contributed by atoms with Gasteiger partial charge in [0.05, 0.1) is 11.5 Å². The minimum atomic E-state index is -0.0800. The van der Waals surface area contributed by atoms with E-state index in [4.69, 9.17) is 0 Å². The van der Waals surface area contributed by atoms with Gasteiger partial charge in [-0.15, -0.1) is 0 Å². The van der Waals surface area contributed by atoms with E-state index in [9.17, 15) is 5.26 Å². The van der Waals surface area contributed by atoms with Gasteiger partial charge in [0.15, 0.2) is 0 Å². The lowest BCUT2D eigenvalue weighted by molar-refractivity contribution is 0.203. The van der Waals surface area contributed by atoms with E-state index in [2.05, 4.69) is 56.4 Å². The summed E-state index contributed by atoms with van der Waals surface area (Å²) in [4.78, 5) is 0. The number of benzene rings is 1. The maximum Gasteiger partial charge on any atom is 0.0703 e. The van der Waals surface area contributed by atoms with Crippen LogP contribution in [0.1, 0.15) is 44.2 Å². The normalized spacial score (nSPS) is 17.6. The standard InChI is InChI=1S/C17H24N2/c1-14-5-7-15(8-6-14)16(2,3)12-19-13-17(11-18)9-4-10-17/h5-8,19H,4,9-10,12-13H2,1-3H3. The molecule has 1 saturated carbocycles. The van der Waals surface area contributed by atoms with Crippen LogP contribution in [-0.2, 0) is 5.41 Å². The van der Waals surface area contributed by atoms with E-state index >= 15 is 0 Å². The van der Waals surface area contributed by atoms with Crippen molar-refractivity contribution in [3.63, 3.8) is 0 Å². The Morgan fingerprint density at radius 1 is 1.26 bits per heavy atom. The third kappa shape index (κ3) is 3.16. The monoisotopic (exact) mass is 256 g/mol. The van der Waals surface area contributed by atoms with Gasteiger partial charge in [-0.3, -0.25) is 0 Å². The zero-order valence-corrected chi connectivity index (χ0v) is 12.3. The van der Waals surface area contributed by atoms with Gasteiger partial charge in [-0.25, -0.2) is 0 Å². The Kier molecular flexibility index (Phi) is 3.96. The minimum absolute atomic E-state index is 0.0800. The molecular weight excluding hydrogens is 232 g/mol. The van der Waals surface area contributed by atoms with E-state index < -0.39 is 0 Å². The Labute approximate surface area is 116 Å². The number of nitrogens with one attached hydrogen (secondary N) is 1. The zero-order chi connectivity index (χ0) is 13.9. The first kappa shape index (κ1) is 14.1. The molecular formula is C17H24N2. The van der Waals surface area contributed by atoms with E-state index in [-0.39, 0.29) is 10.8 Å². The van der Waals surface area contributed by atoms with Crippen molar-refractivity contribution in [1.29, 1.82) is 5.26 Å². The molecule has 0 unspecified atom stereocenters. The number of hydrogen-bond donors (Lipinski definition) is 1. The molecule has 2 heteroatoms. The first-order chi connectivity index (χ1) is 8.97. The molecule has 1 fully saturated rings. The van der Waals surface area contributed by atoms with E-state index in [0.717, 1.165) is 25.9 Å². The predicted molar refractivity (Wildman–Crippen MR) is 79.0 cm³/mol. The number of rotatable bonds is 5. The Bertz CT molecular complexity index is 461. The number of nitriles is 1. The second kappa shape index (κ2) is 5.35. The van der Waals surface area contributed by atoms with Gasteiger partial charge < -0.3 is 5.32 Å². The summed E-state index contributed by atoms with van der Waals surface area (Å²) in [5, 5.41) is 12.7. The lowest BCUT2D eigenvalue weighted by atomic mass is 9.70. The first-order valence-electron chi connectivity index (χ1n) is 7.17. The van der Waals surface area contributed by atoms with E-state index in [1.165, 1.54) is 17.5 Å². The van der Waals surface area contributed by atoms with E-state index in [1.54, 1.807) is 0 Å². The van der Waals surface area contributed by atoms with Crippen LogP contribution in [0.3, 0.4) is 0 Å². The van der Waals surface area contributed by atoms with Gasteiger partial charge in [0.2, 0.25) is 0 Å². The summed E-state index contributed by atoms with van der Waals surface area (Å²) >= 11 is 0. The molecule has 0 heterocycles. The highest BCUT2D eigenvalue weighted by Crippen LogP contribution is 2.39. The molecule has 1 aromatic carbocycles. The Morgan fingerprint density at radius 2 is 1.89 bits per heavy atom. The van der Waals surface area contributed by atoms with Crippen molar-refractivity contribution in [2.75, 3.05) is 13.1 Å². The first-order valence-corrected chi connectivity index (χ1v) is 7.17. The highest BCUT2D eigenvalue weighted by Gasteiger charge is 2.37. The molecule has 0 spiro atoms. The molecule has 0 saturated heterocycles. The lowest BCUT2D eigenvalue weighted by Crippen LogP contribution is -2.43. The molecule has 2 nitrogen and oxygen atoms in total. The van der Waals surface area contributed by atoms with Crippen molar-refractivity contribution < 1.29 is 0 Å². The predicted octanol–water partition coefficient (Wildman–Crippen LogP) is 3.56. The summed E-state index contributed by atoms with van der Waals surface area (Å²) in [5.74, 6) is 0. The second-order valence-corrected chi connectivity index (χ2v) is 6.60. The third-order valence-corrected chi connectivity index (χ3v) is 4.41. The van der Waals surface area contributed by atoms with Crippen molar-refractivity contribution in [2.24, 2.45) is 5.41 Å². The summed E-state index contributed by atoms with van der Waals surface area (Å²) in [5.41, 5.74) is 2.67. The van der Waals surface area contributed by atoms with Gasteiger partial charge in [0.25, 0.3) is 0 Å². The average molecular weight is 256 g/mol. The molecule has 1 aromatic rings. The summed E-state index contributed by atoms with van der Waals surface area (Å²) in [7, 11) is 0. The molecule has 0 aromatic heterocycles. The molecule has 0 bridgehead atoms. The quantitative estimate of drug-likeness (QED) is 0.874. The van der Waals surface area contributed by atoms with Gasteiger partial charge in [0, 0.05) is 18.5 Å². The third-order valence-electron chi connectivity index (χ3n) is 4.41. The Balaban J connectivity index is 1.91.